The second kappa shape index (κ2) is 3.29. The number of rotatable bonds is 0. The lowest BCUT2D eigenvalue weighted by molar-refractivity contribution is -0.135. The topological polar surface area (TPSA) is 63.6 Å². The van der Waals surface area contributed by atoms with E-state index < -0.39 is 11.7 Å². The van der Waals surface area contributed by atoms with E-state index in [0.29, 0.717) is 18.4 Å². The van der Waals surface area contributed by atoms with Gasteiger partial charge >= 0.3 is 5.97 Å². The molecule has 0 amide bonds. The molecule has 0 aromatic rings. The maximum Gasteiger partial charge on any atom is 0.378 e. The molecule has 0 spiro atoms. The number of esters is 1. The molecule has 1 heterocycles. The molecule has 1 aliphatic heterocycles. The molecule has 0 aromatic heterocycles. The number of Topliss-reactive ketones (excluding diaryl/α,β-unsaturated/α-hetero) is 1. The Morgan fingerprint density at radius 3 is 2.50 bits per heavy atom. The lowest BCUT2D eigenvalue weighted by Crippen LogP contribution is -2.11. The molecule has 1 aliphatic carbocycles. The Morgan fingerprint density at radius 2 is 1.93 bits per heavy atom. The molecule has 1 fully saturated rings. The van der Waals surface area contributed by atoms with Gasteiger partial charge in [-0.2, -0.15) is 0 Å². The van der Waals surface area contributed by atoms with Crippen molar-refractivity contribution in [2.45, 2.75) is 25.7 Å². The third kappa shape index (κ3) is 1.43. The molecule has 0 saturated heterocycles. The average Bonchev–Trinajstić information content (AvgIpc) is 2.48. The molecule has 2 rings (SSSR count). The van der Waals surface area contributed by atoms with Gasteiger partial charge in [0, 0.05) is 18.1 Å². The van der Waals surface area contributed by atoms with Gasteiger partial charge < -0.3 is 9.84 Å². The fourth-order valence-electron chi connectivity index (χ4n) is 1.65. The van der Waals surface area contributed by atoms with Gasteiger partial charge in [0.2, 0.25) is 5.76 Å². The first-order chi connectivity index (χ1) is 6.68. The van der Waals surface area contributed by atoms with Gasteiger partial charge in [0.15, 0.2) is 5.78 Å². The van der Waals surface area contributed by atoms with Crippen LogP contribution in [0.2, 0.25) is 0 Å². The first kappa shape index (κ1) is 8.99. The summed E-state index contributed by atoms with van der Waals surface area (Å²) in [5.74, 6) is -0.945. The van der Waals surface area contributed by atoms with Crippen LogP contribution in [-0.2, 0) is 14.3 Å². The molecule has 0 radical (unpaired) electrons. The van der Waals surface area contributed by atoms with Crippen molar-refractivity contribution in [2.75, 3.05) is 0 Å². The van der Waals surface area contributed by atoms with Gasteiger partial charge in [-0.3, -0.25) is 4.79 Å². The third-order valence-corrected chi connectivity index (χ3v) is 2.39. The summed E-state index contributed by atoms with van der Waals surface area (Å²) in [4.78, 5) is 22.3. The SMILES string of the molecule is O=C1O/C(=C2\CCCCC2=O)C=C1O. The van der Waals surface area contributed by atoms with E-state index in [9.17, 15) is 9.59 Å². The highest BCUT2D eigenvalue weighted by molar-refractivity contribution is 5.99. The van der Waals surface area contributed by atoms with Crippen molar-refractivity contribution in [1.29, 1.82) is 0 Å². The maximum absolute atomic E-state index is 11.4. The molecule has 4 heteroatoms. The summed E-state index contributed by atoms with van der Waals surface area (Å²) < 4.78 is 4.76. The Bertz CT molecular complexity index is 362. The number of hydrogen-bond acceptors (Lipinski definition) is 4. The van der Waals surface area contributed by atoms with Gasteiger partial charge in [0.25, 0.3) is 0 Å². The Kier molecular flexibility index (Phi) is 2.11. The average molecular weight is 194 g/mol. The Balaban J connectivity index is 2.32. The molecule has 2 aliphatic rings. The van der Waals surface area contributed by atoms with Crippen molar-refractivity contribution in [3.8, 4) is 0 Å². The molecule has 0 unspecified atom stereocenters. The highest BCUT2D eigenvalue weighted by Gasteiger charge is 2.27. The Morgan fingerprint density at radius 1 is 1.21 bits per heavy atom. The second-order valence-corrected chi connectivity index (χ2v) is 3.39. The van der Waals surface area contributed by atoms with Gasteiger partial charge in [-0.15, -0.1) is 0 Å². The van der Waals surface area contributed by atoms with E-state index in [2.05, 4.69) is 0 Å². The van der Waals surface area contributed by atoms with Gasteiger partial charge in [-0.1, -0.05) is 0 Å². The minimum atomic E-state index is -0.772. The molecular weight excluding hydrogens is 184 g/mol. The van der Waals surface area contributed by atoms with Crippen LogP contribution in [0.3, 0.4) is 0 Å². The van der Waals surface area contributed by atoms with Crippen LogP contribution in [0.25, 0.3) is 0 Å². The lowest BCUT2D eigenvalue weighted by Gasteiger charge is -2.13. The van der Waals surface area contributed by atoms with Crippen LogP contribution in [0, 0.1) is 0 Å². The van der Waals surface area contributed by atoms with Crippen molar-refractivity contribution in [3.63, 3.8) is 0 Å². The molecule has 1 saturated carbocycles. The van der Waals surface area contributed by atoms with Crippen molar-refractivity contribution in [2.24, 2.45) is 0 Å². The Labute approximate surface area is 80.9 Å². The van der Waals surface area contributed by atoms with Crippen LogP contribution in [0.15, 0.2) is 23.2 Å². The largest absolute Gasteiger partial charge is 0.502 e. The van der Waals surface area contributed by atoms with E-state index in [0.717, 1.165) is 12.8 Å². The summed E-state index contributed by atoms with van der Waals surface area (Å²) >= 11 is 0. The van der Waals surface area contributed by atoms with Crippen molar-refractivity contribution < 1.29 is 19.4 Å². The standard InChI is InChI=1S/C10H10O4/c11-7-4-2-1-3-6(7)9-5-8(12)10(13)14-9/h5,12H,1-4H2/b9-6+. The number of hydrogen-bond donors (Lipinski definition) is 1. The highest BCUT2D eigenvalue weighted by Crippen LogP contribution is 2.27. The van der Waals surface area contributed by atoms with Crippen molar-refractivity contribution in [3.05, 3.63) is 23.2 Å². The minimum Gasteiger partial charge on any atom is -0.502 e. The van der Waals surface area contributed by atoms with Crippen molar-refractivity contribution in [1.82, 2.24) is 0 Å². The molecule has 0 atom stereocenters. The van der Waals surface area contributed by atoms with Crippen LogP contribution in [0.1, 0.15) is 25.7 Å². The number of ether oxygens (including phenoxy) is 1. The van der Waals surface area contributed by atoms with Crippen LogP contribution in [-0.4, -0.2) is 16.9 Å². The molecule has 4 nitrogen and oxygen atoms in total. The minimum absolute atomic E-state index is 0.0185. The van der Waals surface area contributed by atoms with Crippen LogP contribution in [0.5, 0.6) is 0 Å². The zero-order chi connectivity index (χ0) is 10.1. The number of ketones is 1. The van der Waals surface area contributed by atoms with E-state index in [-0.39, 0.29) is 11.5 Å². The monoisotopic (exact) mass is 194 g/mol. The predicted molar refractivity (Wildman–Crippen MR) is 47.3 cm³/mol. The first-order valence-electron chi connectivity index (χ1n) is 4.57. The summed E-state index contributed by atoms with van der Waals surface area (Å²) in [6, 6.07) is 0. The molecule has 14 heavy (non-hydrogen) atoms. The lowest BCUT2D eigenvalue weighted by atomic mass is 9.92. The number of aliphatic hydroxyl groups excluding tert-OH is 1. The maximum atomic E-state index is 11.4. The fraction of sp³-hybridized carbons (Fsp3) is 0.400. The predicted octanol–water partition coefficient (Wildman–Crippen LogP) is 1.38. The van der Waals surface area contributed by atoms with Gasteiger partial charge in [-0.05, 0) is 19.3 Å². The molecular formula is C10H10O4. The Hall–Kier alpha value is -1.58. The first-order valence-corrected chi connectivity index (χ1v) is 4.57. The second-order valence-electron chi connectivity index (χ2n) is 3.39. The van der Waals surface area contributed by atoms with E-state index in [1.54, 1.807) is 0 Å². The molecule has 1 N–H and O–H groups in total. The number of aliphatic hydroxyl groups is 1. The van der Waals surface area contributed by atoms with Crippen LogP contribution < -0.4 is 0 Å². The van der Waals surface area contributed by atoms with Gasteiger partial charge in [-0.25, -0.2) is 4.79 Å². The van der Waals surface area contributed by atoms with Crippen LogP contribution >= 0.6 is 0 Å². The molecule has 74 valence electrons. The van der Waals surface area contributed by atoms with Crippen LogP contribution in [0.4, 0.5) is 0 Å². The van der Waals surface area contributed by atoms with Gasteiger partial charge in [0.05, 0.1) is 0 Å². The highest BCUT2D eigenvalue weighted by atomic mass is 16.6. The summed E-state index contributed by atoms with van der Waals surface area (Å²) in [5.41, 5.74) is 0.536. The zero-order valence-corrected chi connectivity index (χ0v) is 7.58. The zero-order valence-electron chi connectivity index (χ0n) is 7.58. The summed E-state index contributed by atoms with van der Waals surface area (Å²) in [6.45, 7) is 0. The van der Waals surface area contributed by atoms with E-state index in [4.69, 9.17) is 9.84 Å². The molecule has 0 aromatic carbocycles. The molecule has 0 bridgehead atoms. The fourth-order valence-corrected chi connectivity index (χ4v) is 1.65. The number of allylic oxidation sites excluding steroid dienone is 2. The number of cyclic esters (lactones) is 1. The number of carbonyl (C=O) groups excluding carboxylic acids is 2. The normalized spacial score (nSPS) is 27.6. The smallest absolute Gasteiger partial charge is 0.378 e. The summed E-state index contributed by atoms with van der Waals surface area (Å²) in [6.07, 6.45) is 4.17. The van der Waals surface area contributed by atoms with E-state index in [1.807, 2.05) is 0 Å². The quantitative estimate of drug-likeness (QED) is 0.467. The van der Waals surface area contributed by atoms with E-state index in [1.165, 1.54) is 6.08 Å². The summed E-state index contributed by atoms with van der Waals surface area (Å²) in [7, 11) is 0. The van der Waals surface area contributed by atoms with E-state index >= 15 is 0 Å². The van der Waals surface area contributed by atoms with Crippen molar-refractivity contribution >= 4 is 11.8 Å². The third-order valence-electron chi connectivity index (χ3n) is 2.39. The summed E-state index contributed by atoms with van der Waals surface area (Å²) in [5, 5.41) is 9.03. The van der Waals surface area contributed by atoms with Gasteiger partial charge in [0.1, 0.15) is 5.76 Å². The number of carbonyl (C=O) groups is 2.